The molecule has 168 valence electrons. The summed E-state index contributed by atoms with van der Waals surface area (Å²) in [6.07, 6.45) is 1.23. The van der Waals surface area contributed by atoms with Crippen LogP contribution in [0.25, 0.3) is 0 Å². The third kappa shape index (κ3) is 7.74. The summed E-state index contributed by atoms with van der Waals surface area (Å²) in [4.78, 5) is 27.7. The summed E-state index contributed by atoms with van der Waals surface area (Å²) in [5.74, 6) is 0.758. The lowest BCUT2D eigenvalue weighted by Crippen LogP contribution is -2.51. The van der Waals surface area contributed by atoms with Crippen molar-refractivity contribution in [1.29, 1.82) is 0 Å². The number of nitrogens with one attached hydrogen (secondary N) is 1. The lowest BCUT2D eigenvalue weighted by molar-refractivity contribution is -0.142. The van der Waals surface area contributed by atoms with Crippen LogP contribution in [-0.4, -0.2) is 42.5 Å². The zero-order valence-corrected chi connectivity index (χ0v) is 19.5. The van der Waals surface area contributed by atoms with Gasteiger partial charge in [0.25, 0.3) is 5.91 Å². The monoisotopic (exact) mass is 424 g/mol. The molecule has 0 saturated heterocycles. The molecule has 2 aromatic carbocycles. The number of amides is 2. The highest BCUT2D eigenvalue weighted by atomic mass is 16.5. The Morgan fingerprint density at radius 3 is 2.39 bits per heavy atom. The van der Waals surface area contributed by atoms with E-state index in [1.54, 1.807) is 4.90 Å². The van der Waals surface area contributed by atoms with Gasteiger partial charge in [-0.2, -0.15) is 0 Å². The molecule has 2 aromatic rings. The fourth-order valence-corrected chi connectivity index (χ4v) is 3.50. The van der Waals surface area contributed by atoms with Crippen molar-refractivity contribution in [3.05, 3.63) is 65.2 Å². The number of nitrogens with zero attached hydrogens (tertiary/aromatic N) is 1. The summed E-state index contributed by atoms with van der Waals surface area (Å²) >= 11 is 0. The van der Waals surface area contributed by atoms with Gasteiger partial charge in [-0.15, -0.1) is 0 Å². The SMILES string of the molecule is CC[C@H](C(=O)NCC(C)C)N(CCc1ccccc1)C(=O)COc1ccc(C)cc1C. The molecule has 2 amide bonds. The number of hydrogen-bond acceptors (Lipinski definition) is 3. The smallest absolute Gasteiger partial charge is 0.261 e. The molecular weight excluding hydrogens is 388 g/mol. The fourth-order valence-electron chi connectivity index (χ4n) is 3.50. The van der Waals surface area contributed by atoms with E-state index in [1.165, 1.54) is 0 Å². The van der Waals surface area contributed by atoms with Gasteiger partial charge < -0.3 is 15.0 Å². The Kier molecular flexibility index (Phi) is 9.57. The van der Waals surface area contributed by atoms with E-state index in [-0.39, 0.29) is 18.4 Å². The Morgan fingerprint density at radius 2 is 1.77 bits per heavy atom. The molecule has 2 rings (SSSR count). The number of hydrogen-bond donors (Lipinski definition) is 1. The molecule has 5 heteroatoms. The van der Waals surface area contributed by atoms with Crippen LogP contribution in [0.2, 0.25) is 0 Å². The number of rotatable bonds is 11. The molecule has 31 heavy (non-hydrogen) atoms. The first-order valence-electron chi connectivity index (χ1n) is 11.1. The van der Waals surface area contributed by atoms with Crippen LogP contribution in [0.5, 0.6) is 5.75 Å². The first-order chi connectivity index (χ1) is 14.8. The standard InChI is InChI=1S/C26H36N2O3/c1-6-23(26(30)27-17-19(2)3)28(15-14-22-10-8-7-9-11-22)25(29)18-31-24-13-12-20(4)16-21(24)5/h7-13,16,19,23H,6,14-15,17-18H2,1-5H3,(H,27,30)/t23-/m1/s1. The van der Waals surface area contributed by atoms with E-state index < -0.39 is 6.04 Å². The maximum Gasteiger partial charge on any atom is 0.261 e. The van der Waals surface area contributed by atoms with Crippen LogP contribution < -0.4 is 10.1 Å². The van der Waals surface area contributed by atoms with E-state index in [0.717, 1.165) is 16.7 Å². The van der Waals surface area contributed by atoms with E-state index in [0.29, 0.717) is 37.6 Å². The van der Waals surface area contributed by atoms with Crippen molar-refractivity contribution in [2.45, 2.75) is 53.5 Å². The molecule has 0 heterocycles. The van der Waals surface area contributed by atoms with Crippen molar-refractivity contribution < 1.29 is 14.3 Å². The first kappa shape index (κ1) is 24.4. The minimum Gasteiger partial charge on any atom is -0.483 e. The topological polar surface area (TPSA) is 58.6 Å². The Hall–Kier alpha value is -2.82. The minimum absolute atomic E-state index is 0.0906. The van der Waals surface area contributed by atoms with Gasteiger partial charge in [0.05, 0.1) is 0 Å². The molecule has 0 aliphatic heterocycles. The normalized spacial score (nSPS) is 11.8. The zero-order valence-electron chi connectivity index (χ0n) is 19.5. The number of ether oxygens (including phenoxy) is 1. The molecular formula is C26H36N2O3. The van der Waals surface area contributed by atoms with Gasteiger partial charge in [-0.25, -0.2) is 0 Å². The Balaban J connectivity index is 2.13. The molecule has 0 aromatic heterocycles. The van der Waals surface area contributed by atoms with Gasteiger partial charge in [-0.05, 0) is 49.8 Å². The lowest BCUT2D eigenvalue weighted by atomic mass is 10.1. The molecule has 0 spiro atoms. The van der Waals surface area contributed by atoms with Crippen molar-refractivity contribution in [3.63, 3.8) is 0 Å². The molecule has 5 nitrogen and oxygen atoms in total. The highest BCUT2D eigenvalue weighted by Gasteiger charge is 2.28. The second-order valence-corrected chi connectivity index (χ2v) is 8.44. The molecule has 0 radical (unpaired) electrons. The summed E-state index contributed by atoms with van der Waals surface area (Å²) < 4.78 is 5.84. The largest absolute Gasteiger partial charge is 0.483 e. The Morgan fingerprint density at radius 1 is 1.06 bits per heavy atom. The van der Waals surface area contributed by atoms with Crippen molar-refractivity contribution in [1.82, 2.24) is 10.2 Å². The van der Waals surface area contributed by atoms with E-state index in [1.807, 2.05) is 69.3 Å². The van der Waals surface area contributed by atoms with E-state index >= 15 is 0 Å². The molecule has 0 bridgehead atoms. The van der Waals surface area contributed by atoms with E-state index in [2.05, 4.69) is 19.2 Å². The number of aryl methyl sites for hydroxylation is 2. The maximum absolute atomic E-state index is 13.2. The first-order valence-corrected chi connectivity index (χ1v) is 11.1. The molecule has 0 saturated carbocycles. The van der Waals surface area contributed by atoms with Crippen molar-refractivity contribution in [2.75, 3.05) is 19.7 Å². The maximum atomic E-state index is 13.2. The van der Waals surface area contributed by atoms with Crippen LogP contribution in [0.3, 0.4) is 0 Å². The summed E-state index contributed by atoms with van der Waals surface area (Å²) in [6.45, 7) is 11.0. The summed E-state index contributed by atoms with van der Waals surface area (Å²) in [6, 6.07) is 15.4. The van der Waals surface area contributed by atoms with E-state index in [9.17, 15) is 9.59 Å². The van der Waals surface area contributed by atoms with Crippen LogP contribution in [0.4, 0.5) is 0 Å². The fraction of sp³-hybridized carbons (Fsp3) is 0.462. The predicted molar refractivity (Wildman–Crippen MR) is 125 cm³/mol. The van der Waals surface area contributed by atoms with Crippen molar-refractivity contribution in [2.24, 2.45) is 5.92 Å². The molecule has 0 aliphatic carbocycles. The molecule has 1 N–H and O–H groups in total. The van der Waals surface area contributed by atoms with E-state index in [4.69, 9.17) is 4.74 Å². The molecule has 0 aliphatic rings. The third-order valence-corrected chi connectivity index (χ3v) is 5.24. The number of carbonyl (C=O) groups is 2. The van der Waals surface area contributed by atoms with Crippen LogP contribution in [0.1, 0.15) is 43.9 Å². The third-order valence-electron chi connectivity index (χ3n) is 5.24. The van der Waals surface area contributed by atoms with Crippen LogP contribution in [0.15, 0.2) is 48.5 Å². The quantitative estimate of drug-likeness (QED) is 0.585. The molecule has 0 unspecified atom stereocenters. The van der Waals surface area contributed by atoms with Crippen LogP contribution in [0, 0.1) is 19.8 Å². The highest BCUT2D eigenvalue weighted by molar-refractivity contribution is 5.88. The second-order valence-electron chi connectivity index (χ2n) is 8.44. The number of carbonyl (C=O) groups excluding carboxylic acids is 2. The average Bonchev–Trinajstić information content (AvgIpc) is 2.74. The highest BCUT2D eigenvalue weighted by Crippen LogP contribution is 2.19. The molecule has 1 atom stereocenters. The zero-order chi connectivity index (χ0) is 22.8. The summed E-state index contributed by atoms with van der Waals surface area (Å²) in [5, 5.41) is 2.98. The second kappa shape index (κ2) is 12.1. The number of benzene rings is 2. The van der Waals surface area contributed by atoms with Gasteiger partial charge in [0, 0.05) is 13.1 Å². The summed E-state index contributed by atoms with van der Waals surface area (Å²) in [5.41, 5.74) is 3.27. The van der Waals surface area contributed by atoms with Gasteiger partial charge in [0.15, 0.2) is 6.61 Å². The predicted octanol–water partition coefficient (Wildman–Crippen LogP) is 4.30. The van der Waals surface area contributed by atoms with Crippen molar-refractivity contribution >= 4 is 11.8 Å². The van der Waals surface area contributed by atoms with Crippen LogP contribution in [-0.2, 0) is 16.0 Å². The lowest BCUT2D eigenvalue weighted by Gasteiger charge is -2.31. The van der Waals surface area contributed by atoms with Crippen molar-refractivity contribution in [3.8, 4) is 5.75 Å². The van der Waals surface area contributed by atoms with Gasteiger partial charge in [0.2, 0.25) is 5.91 Å². The molecule has 0 fully saturated rings. The van der Waals surface area contributed by atoms with Gasteiger partial charge in [-0.1, -0.05) is 68.8 Å². The van der Waals surface area contributed by atoms with Gasteiger partial charge >= 0.3 is 0 Å². The summed E-state index contributed by atoms with van der Waals surface area (Å²) in [7, 11) is 0. The van der Waals surface area contributed by atoms with Crippen LogP contribution >= 0.6 is 0 Å². The van der Waals surface area contributed by atoms with Gasteiger partial charge in [-0.3, -0.25) is 9.59 Å². The Bertz CT molecular complexity index is 849. The van der Waals surface area contributed by atoms with Gasteiger partial charge in [0.1, 0.15) is 11.8 Å². The minimum atomic E-state index is -0.516. The Labute approximate surface area is 186 Å². The average molecular weight is 425 g/mol.